The molecule has 2 N–H and O–H groups in total. The summed E-state index contributed by atoms with van der Waals surface area (Å²) in [5.74, 6) is 0.255. The zero-order valence-corrected chi connectivity index (χ0v) is 22.7. The van der Waals surface area contributed by atoms with Gasteiger partial charge in [0.2, 0.25) is 5.91 Å². The van der Waals surface area contributed by atoms with Gasteiger partial charge in [-0.15, -0.1) is 0 Å². The van der Waals surface area contributed by atoms with Crippen LogP contribution in [-0.4, -0.2) is 33.2 Å². The lowest BCUT2D eigenvalue weighted by Crippen LogP contribution is -2.40. The zero-order chi connectivity index (χ0) is 27.3. The van der Waals surface area contributed by atoms with Crippen molar-refractivity contribution in [3.05, 3.63) is 107 Å². The van der Waals surface area contributed by atoms with Gasteiger partial charge in [-0.2, -0.15) is 5.10 Å². The monoisotopic (exact) mass is 509 g/mol. The zero-order valence-electron chi connectivity index (χ0n) is 22.7. The fourth-order valence-corrected chi connectivity index (χ4v) is 4.15. The molecule has 4 aromatic rings. The molecule has 0 fully saturated rings. The molecule has 7 nitrogen and oxygen atoms in total. The Labute approximate surface area is 224 Å². The van der Waals surface area contributed by atoms with Gasteiger partial charge in [0.15, 0.2) is 0 Å². The fraction of sp³-hybridized carbons (Fsp3) is 0.258. The summed E-state index contributed by atoms with van der Waals surface area (Å²) in [4.78, 5) is 28.1. The number of anilines is 2. The number of carbonyl (C=O) groups excluding carboxylic acids is 2. The molecule has 0 spiro atoms. The Morgan fingerprint density at radius 3 is 2.16 bits per heavy atom. The van der Waals surface area contributed by atoms with Crippen molar-refractivity contribution in [3.63, 3.8) is 0 Å². The van der Waals surface area contributed by atoms with Crippen LogP contribution in [0.3, 0.4) is 0 Å². The minimum absolute atomic E-state index is 0.128. The summed E-state index contributed by atoms with van der Waals surface area (Å²) >= 11 is 0. The minimum Gasteiger partial charge on any atom is -0.311 e. The van der Waals surface area contributed by atoms with Gasteiger partial charge in [-0.1, -0.05) is 87.0 Å². The van der Waals surface area contributed by atoms with Gasteiger partial charge in [0.1, 0.15) is 12.4 Å². The molecule has 0 aliphatic heterocycles. The van der Waals surface area contributed by atoms with Gasteiger partial charge in [-0.3, -0.25) is 4.79 Å². The lowest BCUT2D eigenvalue weighted by atomic mass is 9.92. The number of aryl methyl sites for hydroxylation is 2. The second kappa shape index (κ2) is 11.3. The maximum atomic E-state index is 13.4. The van der Waals surface area contributed by atoms with Crippen LogP contribution in [0.5, 0.6) is 0 Å². The first-order valence-corrected chi connectivity index (χ1v) is 12.7. The van der Waals surface area contributed by atoms with E-state index < -0.39 is 0 Å². The predicted octanol–water partition coefficient (Wildman–Crippen LogP) is 6.46. The van der Waals surface area contributed by atoms with E-state index in [0.717, 1.165) is 28.1 Å². The van der Waals surface area contributed by atoms with Gasteiger partial charge in [-0.25, -0.2) is 9.48 Å². The molecule has 0 aliphatic carbocycles. The summed E-state index contributed by atoms with van der Waals surface area (Å²) in [7, 11) is 0. The van der Waals surface area contributed by atoms with Crippen molar-refractivity contribution < 1.29 is 9.59 Å². The highest BCUT2D eigenvalue weighted by molar-refractivity contribution is 5.96. The van der Waals surface area contributed by atoms with Crippen molar-refractivity contribution in [1.82, 2.24) is 14.7 Å². The number of hydrogen-bond donors (Lipinski definition) is 2. The van der Waals surface area contributed by atoms with E-state index in [9.17, 15) is 9.59 Å². The quantitative estimate of drug-likeness (QED) is 0.300. The van der Waals surface area contributed by atoms with Crippen LogP contribution >= 0.6 is 0 Å². The summed E-state index contributed by atoms with van der Waals surface area (Å²) in [6.07, 6.45) is 0. The number of nitrogens with zero attached hydrogens (tertiary/aromatic N) is 3. The Hall–Kier alpha value is -4.39. The van der Waals surface area contributed by atoms with Gasteiger partial charge >= 0.3 is 6.03 Å². The first-order valence-electron chi connectivity index (χ1n) is 12.7. The van der Waals surface area contributed by atoms with Crippen molar-refractivity contribution in [2.24, 2.45) is 0 Å². The Morgan fingerprint density at radius 2 is 1.53 bits per heavy atom. The van der Waals surface area contributed by atoms with E-state index in [0.29, 0.717) is 11.5 Å². The molecule has 7 heteroatoms. The minimum atomic E-state index is -0.353. The predicted molar refractivity (Wildman–Crippen MR) is 153 cm³/mol. The number of carbonyl (C=O) groups is 2. The average molecular weight is 510 g/mol. The molecule has 0 radical (unpaired) electrons. The SMILES string of the molecule is Cc1ccc(-n2nc(C(C)(C)C)cc2NC(=O)CN(Cc2ccccc2)C(=O)Nc2ccccc2)c(C)c1. The number of aromatic nitrogens is 2. The molecule has 0 bridgehead atoms. The molecule has 0 unspecified atom stereocenters. The summed E-state index contributed by atoms with van der Waals surface area (Å²) in [5, 5.41) is 10.8. The van der Waals surface area contributed by atoms with E-state index in [2.05, 4.69) is 37.5 Å². The van der Waals surface area contributed by atoms with Gasteiger partial charge < -0.3 is 15.5 Å². The molecular formula is C31H35N5O2. The Bertz CT molecular complexity index is 1410. The summed E-state index contributed by atoms with van der Waals surface area (Å²) < 4.78 is 1.78. The van der Waals surface area contributed by atoms with Crippen LogP contribution in [0.25, 0.3) is 5.69 Å². The molecule has 0 aliphatic rings. The van der Waals surface area contributed by atoms with Crippen LogP contribution in [0.15, 0.2) is 84.9 Å². The van der Waals surface area contributed by atoms with Crippen LogP contribution in [0.2, 0.25) is 0 Å². The van der Waals surface area contributed by atoms with Crippen LogP contribution < -0.4 is 10.6 Å². The number of nitrogens with one attached hydrogen (secondary N) is 2. The van der Waals surface area contributed by atoms with Crippen molar-refractivity contribution in [2.75, 3.05) is 17.2 Å². The lowest BCUT2D eigenvalue weighted by molar-refractivity contribution is -0.116. The lowest BCUT2D eigenvalue weighted by Gasteiger charge is -2.23. The normalized spacial score (nSPS) is 11.2. The van der Waals surface area contributed by atoms with Crippen molar-refractivity contribution >= 4 is 23.4 Å². The molecule has 196 valence electrons. The molecule has 0 atom stereocenters. The van der Waals surface area contributed by atoms with Gasteiger partial charge in [-0.05, 0) is 43.2 Å². The molecule has 3 aromatic carbocycles. The van der Waals surface area contributed by atoms with E-state index in [1.54, 1.807) is 4.68 Å². The number of urea groups is 1. The van der Waals surface area contributed by atoms with Crippen LogP contribution in [0, 0.1) is 13.8 Å². The third kappa shape index (κ3) is 6.68. The Morgan fingerprint density at radius 1 is 0.868 bits per heavy atom. The molecule has 1 heterocycles. The highest BCUT2D eigenvalue weighted by atomic mass is 16.2. The molecule has 4 rings (SSSR count). The van der Waals surface area contributed by atoms with Crippen LogP contribution in [-0.2, 0) is 16.8 Å². The maximum Gasteiger partial charge on any atom is 0.322 e. The maximum absolute atomic E-state index is 13.4. The number of hydrogen-bond acceptors (Lipinski definition) is 3. The van der Waals surface area contributed by atoms with Gasteiger partial charge in [0.25, 0.3) is 0 Å². The highest BCUT2D eigenvalue weighted by Crippen LogP contribution is 2.28. The number of rotatable bonds is 7. The highest BCUT2D eigenvalue weighted by Gasteiger charge is 2.24. The molecule has 1 aromatic heterocycles. The first kappa shape index (κ1) is 26.7. The number of amides is 3. The largest absolute Gasteiger partial charge is 0.322 e. The summed E-state index contributed by atoms with van der Waals surface area (Å²) in [6.45, 7) is 10.5. The van der Waals surface area contributed by atoms with Gasteiger partial charge in [0, 0.05) is 23.7 Å². The van der Waals surface area contributed by atoms with E-state index in [4.69, 9.17) is 5.10 Å². The Kier molecular flexibility index (Phi) is 7.96. The van der Waals surface area contributed by atoms with E-state index in [-0.39, 0.29) is 30.4 Å². The number of benzene rings is 3. The second-order valence-electron chi connectivity index (χ2n) is 10.6. The number of para-hydroxylation sites is 1. The van der Waals surface area contributed by atoms with E-state index >= 15 is 0 Å². The fourth-order valence-electron chi connectivity index (χ4n) is 4.15. The second-order valence-corrected chi connectivity index (χ2v) is 10.6. The van der Waals surface area contributed by atoms with Crippen molar-refractivity contribution in [1.29, 1.82) is 0 Å². The van der Waals surface area contributed by atoms with Crippen molar-refractivity contribution in [2.45, 2.75) is 46.6 Å². The smallest absolute Gasteiger partial charge is 0.311 e. The molecule has 3 amide bonds. The molecule has 0 saturated heterocycles. The molecule has 0 saturated carbocycles. The third-order valence-corrected chi connectivity index (χ3v) is 6.19. The van der Waals surface area contributed by atoms with E-state index in [1.807, 2.05) is 92.7 Å². The molecule has 38 heavy (non-hydrogen) atoms. The van der Waals surface area contributed by atoms with Crippen LogP contribution in [0.1, 0.15) is 43.2 Å². The van der Waals surface area contributed by atoms with Gasteiger partial charge in [0.05, 0.1) is 11.4 Å². The Balaban J connectivity index is 1.60. The van der Waals surface area contributed by atoms with Crippen molar-refractivity contribution in [3.8, 4) is 5.69 Å². The third-order valence-electron chi connectivity index (χ3n) is 6.19. The first-order chi connectivity index (χ1) is 18.1. The van der Waals surface area contributed by atoms with E-state index in [1.165, 1.54) is 4.90 Å². The topological polar surface area (TPSA) is 79.3 Å². The average Bonchev–Trinajstić information content (AvgIpc) is 3.29. The molecular weight excluding hydrogens is 474 g/mol. The summed E-state index contributed by atoms with van der Waals surface area (Å²) in [5.41, 5.74) is 5.34. The van der Waals surface area contributed by atoms with Crippen LogP contribution in [0.4, 0.5) is 16.3 Å². The summed E-state index contributed by atoms with van der Waals surface area (Å²) in [6, 6.07) is 26.5. The standard InChI is InChI=1S/C31H35N5O2/c1-22-16-17-26(23(2)18-22)36-28(19-27(34-36)31(3,4)5)33-29(37)21-35(20-24-12-8-6-9-13-24)30(38)32-25-14-10-7-11-15-25/h6-19H,20-21H2,1-5H3,(H,32,38)(H,33,37).